The minimum Gasteiger partial charge on any atom is -0.365 e. The zero-order valence-electron chi connectivity index (χ0n) is 9.09. The van der Waals surface area contributed by atoms with E-state index in [2.05, 4.69) is 27.5 Å². The first-order chi connectivity index (χ1) is 7.68. The zero-order valence-corrected chi connectivity index (χ0v) is 11.2. The van der Waals surface area contributed by atoms with Crippen LogP contribution in [0.1, 0.15) is 19.8 Å². The monoisotopic (exact) mass is 334 g/mol. The molecule has 0 aliphatic carbocycles. The topological polar surface area (TPSA) is 69.8 Å². The van der Waals surface area contributed by atoms with Gasteiger partial charge in [-0.05, 0) is 48.9 Å². The fraction of sp³-hybridized carbons (Fsp3) is 0.600. The quantitative estimate of drug-likeness (QED) is 0.704. The second-order valence-electron chi connectivity index (χ2n) is 4.03. The lowest BCUT2D eigenvalue weighted by Gasteiger charge is -2.31. The molecule has 88 valence electrons. The molecular formula is C10H15IN4O. The maximum absolute atomic E-state index is 11.4. The number of anilines is 1. The van der Waals surface area contributed by atoms with E-state index in [1.807, 2.05) is 22.6 Å². The minimum absolute atomic E-state index is 0.0884. The first-order valence-electron chi connectivity index (χ1n) is 5.41. The largest absolute Gasteiger partial charge is 0.365 e. The van der Waals surface area contributed by atoms with Gasteiger partial charge in [0.05, 0.1) is 6.33 Å². The van der Waals surface area contributed by atoms with Gasteiger partial charge < -0.3 is 15.6 Å². The van der Waals surface area contributed by atoms with Gasteiger partial charge in [-0.15, -0.1) is 0 Å². The highest BCUT2D eigenvalue weighted by Gasteiger charge is 2.21. The van der Waals surface area contributed by atoms with Crippen LogP contribution in [0, 0.1) is 3.57 Å². The van der Waals surface area contributed by atoms with E-state index >= 15 is 0 Å². The molecule has 1 aliphatic heterocycles. The molecule has 2 heterocycles. The first kappa shape index (κ1) is 11.8. The number of halogens is 1. The molecule has 0 saturated carbocycles. The Labute approximate surface area is 108 Å². The van der Waals surface area contributed by atoms with Crippen LogP contribution < -0.4 is 16.2 Å². The molecule has 1 aromatic rings. The van der Waals surface area contributed by atoms with Gasteiger partial charge in [0.25, 0.3) is 5.56 Å². The molecule has 0 aromatic carbocycles. The molecule has 0 radical (unpaired) electrons. The third-order valence-corrected chi connectivity index (χ3v) is 3.88. The van der Waals surface area contributed by atoms with Gasteiger partial charge in [0.2, 0.25) is 0 Å². The van der Waals surface area contributed by atoms with Crippen molar-refractivity contribution in [2.75, 3.05) is 11.9 Å². The fourth-order valence-corrected chi connectivity index (χ4v) is 2.35. The van der Waals surface area contributed by atoms with Crippen molar-refractivity contribution in [3.8, 4) is 0 Å². The van der Waals surface area contributed by atoms with Crippen LogP contribution in [0.5, 0.6) is 0 Å². The van der Waals surface area contributed by atoms with E-state index < -0.39 is 0 Å². The van der Waals surface area contributed by atoms with Crippen molar-refractivity contribution in [1.29, 1.82) is 0 Å². The SMILES string of the molecule is CC1NCCCC1Nc1nc[nH]c(=O)c1I. The van der Waals surface area contributed by atoms with Gasteiger partial charge in [0, 0.05) is 12.1 Å². The Morgan fingerprint density at radius 1 is 1.62 bits per heavy atom. The molecular weight excluding hydrogens is 319 g/mol. The summed E-state index contributed by atoms with van der Waals surface area (Å²) >= 11 is 2.02. The molecule has 2 unspecified atom stereocenters. The summed E-state index contributed by atoms with van der Waals surface area (Å²) < 4.78 is 0.623. The van der Waals surface area contributed by atoms with Crippen molar-refractivity contribution in [2.24, 2.45) is 0 Å². The van der Waals surface area contributed by atoms with E-state index in [4.69, 9.17) is 0 Å². The van der Waals surface area contributed by atoms with Crippen LogP contribution in [0.4, 0.5) is 5.82 Å². The van der Waals surface area contributed by atoms with Gasteiger partial charge >= 0.3 is 0 Å². The van der Waals surface area contributed by atoms with Crippen molar-refractivity contribution in [3.63, 3.8) is 0 Å². The van der Waals surface area contributed by atoms with E-state index in [1.54, 1.807) is 0 Å². The number of piperidine rings is 1. The maximum atomic E-state index is 11.4. The van der Waals surface area contributed by atoms with E-state index in [0.29, 0.717) is 21.5 Å². The average Bonchev–Trinajstić information content (AvgIpc) is 2.28. The molecule has 1 saturated heterocycles. The van der Waals surface area contributed by atoms with Crippen LogP contribution in [0.25, 0.3) is 0 Å². The molecule has 1 aliphatic rings. The van der Waals surface area contributed by atoms with Crippen molar-refractivity contribution in [2.45, 2.75) is 31.8 Å². The van der Waals surface area contributed by atoms with Gasteiger partial charge in [0.15, 0.2) is 0 Å². The standard InChI is InChI=1S/C10H15IN4O/c1-6-7(3-2-4-12-6)15-9-8(11)10(16)14-5-13-9/h5-7,12H,2-4H2,1H3,(H2,13,14,15,16). The van der Waals surface area contributed by atoms with Gasteiger partial charge in [-0.3, -0.25) is 4.79 Å². The smallest absolute Gasteiger partial charge is 0.266 e. The van der Waals surface area contributed by atoms with Crippen LogP contribution in [0.15, 0.2) is 11.1 Å². The number of hydrogen-bond donors (Lipinski definition) is 3. The number of aromatic nitrogens is 2. The van der Waals surface area contributed by atoms with Crippen LogP contribution in [-0.2, 0) is 0 Å². The molecule has 3 N–H and O–H groups in total. The second kappa shape index (κ2) is 5.13. The van der Waals surface area contributed by atoms with E-state index in [0.717, 1.165) is 19.4 Å². The van der Waals surface area contributed by atoms with Crippen LogP contribution in [-0.4, -0.2) is 28.6 Å². The van der Waals surface area contributed by atoms with E-state index in [-0.39, 0.29) is 5.56 Å². The number of hydrogen-bond acceptors (Lipinski definition) is 4. The summed E-state index contributed by atoms with van der Waals surface area (Å²) in [4.78, 5) is 18.1. The Morgan fingerprint density at radius 2 is 2.44 bits per heavy atom. The lowest BCUT2D eigenvalue weighted by Crippen LogP contribution is -2.47. The fourth-order valence-electron chi connectivity index (χ4n) is 1.90. The predicted molar refractivity (Wildman–Crippen MR) is 71.7 cm³/mol. The lowest BCUT2D eigenvalue weighted by molar-refractivity contribution is 0.388. The van der Waals surface area contributed by atoms with Crippen LogP contribution >= 0.6 is 22.6 Å². The Bertz CT molecular complexity index is 420. The van der Waals surface area contributed by atoms with Gasteiger partial charge in [-0.1, -0.05) is 0 Å². The highest BCUT2D eigenvalue weighted by molar-refractivity contribution is 14.1. The molecule has 6 heteroatoms. The number of nitrogens with one attached hydrogen (secondary N) is 3. The molecule has 2 rings (SSSR count). The number of H-pyrrole nitrogens is 1. The van der Waals surface area contributed by atoms with Crippen molar-refractivity contribution in [1.82, 2.24) is 15.3 Å². The van der Waals surface area contributed by atoms with E-state index in [1.165, 1.54) is 6.33 Å². The molecule has 0 bridgehead atoms. The summed E-state index contributed by atoms with van der Waals surface area (Å²) in [5.41, 5.74) is -0.0884. The van der Waals surface area contributed by atoms with Crippen LogP contribution in [0.2, 0.25) is 0 Å². The lowest BCUT2D eigenvalue weighted by atomic mass is 10.00. The minimum atomic E-state index is -0.0884. The second-order valence-corrected chi connectivity index (χ2v) is 5.11. The predicted octanol–water partition coefficient (Wildman–Crippen LogP) is 0.927. The van der Waals surface area contributed by atoms with Gasteiger partial charge in [0.1, 0.15) is 9.39 Å². The van der Waals surface area contributed by atoms with Gasteiger partial charge in [-0.25, -0.2) is 4.98 Å². The Hall–Kier alpha value is -0.630. The Morgan fingerprint density at radius 3 is 3.19 bits per heavy atom. The third kappa shape index (κ3) is 2.54. The molecule has 2 atom stereocenters. The first-order valence-corrected chi connectivity index (χ1v) is 6.49. The summed E-state index contributed by atoms with van der Waals surface area (Å²) in [6.07, 6.45) is 3.70. The number of rotatable bonds is 2. The van der Waals surface area contributed by atoms with Crippen molar-refractivity contribution in [3.05, 3.63) is 20.3 Å². The van der Waals surface area contributed by atoms with Crippen molar-refractivity contribution >= 4 is 28.4 Å². The van der Waals surface area contributed by atoms with Crippen LogP contribution in [0.3, 0.4) is 0 Å². The summed E-state index contributed by atoms with van der Waals surface area (Å²) in [7, 11) is 0. The van der Waals surface area contributed by atoms with Crippen molar-refractivity contribution < 1.29 is 0 Å². The summed E-state index contributed by atoms with van der Waals surface area (Å²) in [5, 5.41) is 6.75. The number of nitrogens with zero attached hydrogens (tertiary/aromatic N) is 1. The highest BCUT2D eigenvalue weighted by Crippen LogP contribution is 2.16. The highest BCUT2D eigenvalue weighted by atomic mass is 127. The summed E-state index contributed by atoms with van der Waals surface area (Å²) in [6, 6.07) is 0.752. The van der Waals surface area contributed by atoms with Gasteiger partial charge in [-0.2, -0.15) is 0 Å². The molecule has 1 aromatic heterocycles. The molecule has 1 fully saturated rings. The Balaban J connectivity index is 2.14. The normalized spacial score (nSPS) is 25.4. The summed E-state index contributed by atoms with van der Waals surface area (Å²) in [5.74, 6) is 0.685. The molecule has 5 nitrogen and oxygen atoms in total. The third-order valence-electron chi connectivity index (χ3n) is 2.88. The molecule has 0 spiro atoms. The maximum Gasteiger partial charge on any atom is 0.266 e. The molecule has 0 amide bonds. The average molecular weight is 334 g/mol. The summed E-state index contributed by atoms with van der Waals surface area (Å²) in [6.45, 7) is 3.22. The molecule has 16 heavy (non-hydrogen) atoms. The van der Waals surface area contributed by atoms with E-state index in [9.17, 15) is 4.79 Å². The number of aromatic amines is 1. The zero-order chi connectivity index (χ0) is 11.5. The Kier molecular flexibility index (Phi) is 3.80.